The number of aromatic nitrogens is 3. The minimum atomic E-state index is -0.131. The van der Waals surface area contributed by atoms with Crippen molar-refractivity contribution < 1.29 is 5.11 Å². The zero-order chi connectivity index (χ0) is 25.6. The molecule has 1 aliphatic rings. The number of phenols is 1. The SMILES string of the molecule is O=c1c2ccccc2nc2n1-c1ccccc1/C2=N/N=c1/scc(-c2ccc(O)cc2)n1-c1ccccc1. The number of rotatable bonds is 3. The van der Waals surface area contributed by atoms with Crippen LogP contribution >= 0.6 is 11.3 Å². The van der Waals surface area contributed by atoms with Gasteiger partial charge in [0.05, 0.1) is 22.3 Å². The van der Waals surface area contributed by atoms with Crippen LogP contribution in [0.25, 0.3) is 33.5 Å². The number of phenolic OH excluding ortho intramolecular Hbond substituents is 1. The molecule has 7 rings (SSSR count). The number of hydrogen-bond donors (Lipinski definition) is 1. The Morgan fingerprint density at radius 3 is 2.34 bits per heavy atom. The van der Waals surface area contributed by atoms with Crippen LogP contribution in [0.15, 0.2) is 124 Å². The first-order valence-electron chi connectivity index (χ1n) is 12.0. The van der Waals surface area contributed by atoms with Crippen molar-refractivity contribution in [3.63, 3.8) is 0 Å². The van der Waals surface area contributed by atoms with Gasteiger partial charge >= 0.3 is 0 Å². The highest BCUT2D eigenvalue weighted by molar-refractivity contribution is 7.07. The van der Waals surface area contributed by atoms with E-state index in [-0.39, 0.29) is 11.3 Å². The summed E-state index contributed by atoms with van der Waals surface area (Å²) in [5.74, 6) is 0.681. The van der Waals surface area contributed by atoms with E-state index in [0.717, 1.165) is 28.2 Å². The second-order valence-corrected chi connectivity index (χ2v) is 9.62. The maximum absolute atomic E-state index is 13.4. The molecule has 38 heavy (non-hydrogen) atoms. The van der Waals surface area contributed by atoms with E-state index in [2.05, 4.69) is 0 Å². The molecule has 0 saturated heterocycles. The monoisotopic (exact) mass is 513 g/mol. The molecular formula is C30H19N5O2S. The molecule has 4 aromatic carbocycles. The van der Waals surface area contributed by atoms with E-state index in [1.807, 2.05) is 94.9 Å². The molecule has 2 aromatic heterocycles. The van der Waals surface area contributed by atoms with Gasteiger partial charge in [0.25, 0.3) is 5.56 Å². The Morgan fingerprint density at radius 2 is 1.50 bits per heavy atom. The van der Waals surface area contributed by atoms with Crippen LogP contribution in [0, 0.1) is 0 Å². The molecule has 0 amide bonds. The quantitative estimate of drug-likeness (QED) is 0.327. The molecule has 182 valence electrons. The fraction of sp³-hybridized carbons (Fsp3) is 0. The Hall–Kier alpha value is -5.08. The zero-order valence-corrected chi connectivity index (χ0v) is 20.7. The minimum absolute atomic E-state index is 0.131. The van der Waals surface area contributed by atoms with E-state index >= 15 is 0 Å². The van der Waals surface area contributed by atoms with Crippen molar-refractivity contribution in [2.45, 2.75) is 0 Å². The Bertz CT molecular complexity index is 2000. The molecule has 0 unspecified atom stereocenters. The van der Waals surface area contributed by atoms with Crippen molar-refractivity contribution in [3.8, 4) is 28.4 Å². The van der Waals surface area contributed by atoms with E-state index in [4.69, 9.17) is 15.2 Å². The molecule has 7 nitrogen and oxygen atoms in total. The van der Waals surface area contributed by atoms with Gasteiger partial charge in [-0.3, -0.25) is 13.9 Å². The largest absolute Gasteiger partial charge is 0.508 e. The van der Waals surface area contributed by atoms with Crippen LogP contribution in [0.5, 0.6) is 5.75 Å². The van der Waals surface area contributed by atoms with Crippen LogP contribution in [0.2, 0.25) is 0 Å². The van der Waals surface area contributed by atoms with E-state index < -0.39 is 0 Å². The molecule has 1 N–H and O–H groups in total. The molecule has 8 heteroatoms. The summed E-state index contributed by atoms with van der Waals surface area (Å²) < 4.78 is 3.65. The van der Waals surface area contributed by atoms with Gasteiger partial charge in [-0.1, -0.05) is 48.5 Å². The predicted octanol–water partition coefficient (Wildman–Crippen LogP) is 5.28. The van der Waals surface area contributed by atoms with E-state index in [1.165, 1.54) is 11.3 Å². The van der Waals surface area contributed by atoms with Crippen molar-refractivity contribution in [2.24, 2.45) is 10.2 Å². The number of thiazole rings is 1. The van der Waals surface area contributed by atoms with Crippen molar-refractivity contribution in [3.05, 3.63) is 135 Å². The Labute approximate surface area is 220 Å². The summed E-state index contributed by atoms with van der Waals surface area (Å²) in [5, 5.41) is 21.8. The van der Waals surface area contributed by atoms with Crippen LogP contribution in [-0.4, -0.2) is 24.9 Å². The summed E-state index contributed by atoms with van der Waals surface area (Å²) in [6.07, 6.45) is 0. The molecule has 0 bridgehead atoms. The molecular weight excluding hydrogens is 494 g/mol. The lowest BCUT2D eigenvalue weighted by Gasteiger charge is -2.09. The van der Waals surface area contributed by atoms with Gasteiger partial charge in [-0.05, 0) is 60.2 Å². The molecule has 1 aliphatic heterocycles. The summed E-state index contributed by atoms with van der Waals surface area (Å²) >= 11 is 1.46. The van der Waals surface area contributed by atoms with Crippen LogP contribution < -0.4 is 10.4 Å². The topological polar surface area (TPSA) is 84.8 Å². The number of aromatic hydroxyl groups is 1. The van der Waals surface area contributed by atoms with Gasteiger partial charge in [-0.15, -0.1) is 21.5 Å². The van der Waals surface area contributed by atoms with Crippen LogP contribution in [0.3, 0.4) is 0 Å². The Kier molecular flexibility index (Phi) is 5.12. The van der Waals surface area contributed by atoms with Crippen molar-refractivity contribution in [1.82, 2.24) is 14.1 Å². The average molecular weight is 514 g/mol. The average Bonchev–Trinajstić information content (AvgIpc) is 3.52. The number of hydrogen-bond acceptors (Lipinski definition) is 6. The molecule has 0 atom stereocenters. The summed E-state index contributed by atoms with van der Waals surface area (Å²) in [4.78, 5) is 18.9. The first kappa shape index (κ1) is 22.1. The number of nitrogens with zero attached hydrogens (tertiary/aromatic N) is 5. The summed E-state index contributed by atoms with van der Waals surface area (Å²) in [6, 6.07) is 32.0. The third-order valence-corrected chi connectivity index (χ3v) is 7.32. The lowest BCUT2D eigenvalue weighted by atomic mass is 10.1. The highest BCUT2D eigenvalue weighted by Gasteiger charge is 2.28. The second kappa shape index (κ2) is 8.79. The number of fused-ring (bicyclic) bond motifs is 4. The van der Waals surface area contributed by atoms with Crippen LogP contribution in [-0.2, 0) is 0 Å². The van der Waals surface area contributed by atoms with Crippen LogP contribution in [0.4, 0.5) is 0 Å². The molecule has 0 spiro atoms. The van der Waals surface area contributed by atoms with Gasteiger partial charge in [0.2, 0.25) is 4.80 Å². The molecule has 6 aromatic rings. The van der Waals surface area contributed by atoms with Crippen molar-refractivity contribution in [1.29, 1.82) is 0 Å². The number of benzene rings is 4. The highest BCUT2D eigenvalue weighted by atomic mass is 32.1. The first-order valence-corrected chi connectivity index (χ1v) is 12.9. The molecule has 0 saturated carbocycles. The van der Waals surface area contributed by atoms with Gasteiger partial charge in [0, 0.05) is 16.6 Å². The fourth-order valence-electron chi connectivity index (χ4n) is 4.74. The second-order valence-electron chi connectivity index (χ2n) is 8.78. The zero-order valence-electron chi connectivity index (χ0n) is 19.9. The Balaban J connectivity index is 1.47. The molecule has 0 fully saturated rings. The summed E-state index contributed by atoms with van der Waals surface area (Å²) in [7, 11) is 0. The van der Waals surface area contributed by atoms with Gasteiger partial charge in [0.15, 0.2) is 5.82 Å². The third kappa shape index (κ3) is 3.50. The van der Waals surface area contributed by atoms with Gasteiger partial charge in [-0.25, -0.2) is 4.98 Å². The van der Waals surface area contributed by atoms with Crippen molar-refractivity contribution in [2.75, 3.05) is 0 Å². The maximum Gasteiger partial charge on any atom is 0.266 e. The maximum atomic E-state index is 13.4. The smallest absolute Gasteiger partial charge is 0.266 e. The lowest BCUT2D eigenvalue weighted by molar-refractivity contribution is 0.475. The van der Waals surface area contributed by atoms with Crippen LogP contribution in [0.1, 0.15) is 11.4 Å². The molecule has 3 heterocycles. The highest BCUT2D eigenvalue weighted by Crippen LogP contribution is 2.28. The Morgan fingerprint density at radius 1 is 0.763 bits per heavy atom. The fourth-order valence-corrected chi connectivity index (χ4v) is 5.59. The normalized spacial score (nSPS) is 13.7. The van der Waals surface area contributed by atoms with Gasteiger partial charge in [-0.2, -0.15) is 0 Å². The van der Waals surface area contributed by atoms with E-state index in [0.29, 0.717) is 27.2 Å². The van der Waals surface area contributed by atoms with E-state index in [1.54, 1.807) is 22.8 Å². The third-order valence-electron chi connectivity index (χ3n) is 6.51. The lowest BCUT2D eigenvalue weighted by Crippen LogP contribution is -2.21. The molecule has 0 radical (unpaired) electrons. The predicted molar refractivity (Wildman–Crippen MR) is 149 cm³/mol. The van der Waals surface area contributed by atoms with Crippen molar-refractivity contribution >= 4 is 28.0 Å². The van der Waals surface area contributed by atoms with Gasteiger partial charge in [0.1, 0.15) is 11.5 Å². The standard InChI is InChI=1S/C30H19N5O2S/c36-21-16-14-19(15-17-21)26-18-38-30(34(26)20-8-2-1-3-9-20)33-32-27-23-11-5-7-13-25(23)35-28(27)31-24-12-6-4-10-22(24)29(35)37/h1-18,36H/b32-27-,33-30+. The minimum Gasteiger partial charge on any atom is -0.508 e. The van der Waals surface area contributed by atoms with Gasteiger partial charge < -0.3 is 5.11 Å². The number of para-hydroxylation sites is 3. The molecule has 0 aliphatic carbocycles. The van der Waals surface area contributed by atoms with E-state index in [9.17, 15) is 9.90 Å². The summed E-state index contributed by atoms with van der Waals surface area (Å²) in [5.41, 5.74) is 5.37. The summed E-state index contributed by atoms with van der Waals surface area (Å²) in [6.45, 7) is 0. The first-order chi connectivity index (χ1) is 18.7.